The number of benzene rings is 1. The lowest BCUT2D eigenvalue weighted by atomic mass is 10.2. The van der Waals surface area contributed by atoms with Gasteiger partial charge in [-0.2, -0.15) is 0 Å². The van der Waals surface area contributed by atoms with Gasteiger partial charge in [-0.25, -0.2) is 13.2 Å². The summed E-state index contributed by atoms with van der Waals surface area (Å²) >= 11 is 0. The first kappa shape index (κ1) is 14.0. The van der Waals surface area contributed by atoms with Crippen molar-refractivity contribution in [3.8, 4) is 5.75 Å². The van der Waals surface area contributed by atoms with Crippen molar-refractivity contribution in [2.75, 3.05) is 18.1 Å². The van der Waals surface area contributed by atoms with Crippen molar-refractivity contribution < 1.29 is 23.1 Å². The third-order valence-electron chi connectivity index (χ3n) is 1.94. The number of carbonyl (C=O) groups is 1. The molecule has 98 valence electrons. The van der Waals surface area contributed by atoms with Gasteiger partial charge in [0.2, 0.25) is 10.0 Å². The molecule has 0 radical (unpaired) electrons. The van der Waals surface area contributed by atoms with E-state index in [-0.39, 0.29) is 5.69 Å². The zero-order chi connectivity index (χ0) is 13.8. The second-order valence-corrected chi connectivity index (χ2v) is 5.25. The van der Waals surface area contributed by atoms with Gasteiger partial charge in [-0.05, 0) is 23.8 Å². The molecule has 1 aromatic carbocycles. The molecular weight excluding hydrogens is 258 g/mol. The van der Waals surface area contributed by atoms with E-state index in [2.05, 4.69) is 4.72 Å². The van der Waals surface area contributed by atoms with Crippen LogP contribution in [-0.4, -0.2) is 32.9 Å². The highest BCUT2D eigenvalue weighted by Gasteiger charge is 2.08. The number of ether oxygens (including phenoxy) is 1. The molecule has 0 unspecified atom stereocenters. The molecule has 0 aliphatic rings. The van der Waals surface area contributed by atoms with Crippen LogP contribution in [0.1, 0.15) is 5.56 Å². The summed E-state index contributed by atoms with van der Waals surface area (Å²) in [6.45, 7) is 0. The highest BCUT2D eigenvalue weighted by atomic mass is 32.2. The SMILES string of the molecule is COc1ccc(C=CC(=O)O)cc1NS(C)(=O)=O. The molecule has 18 heavy (non-hydrogen) atoms. The monoisotopic (exact) mass is 271 g/mol. The summed E-state index contributed by atoms with van der Waals surface area (Å²) in [5, 5.41) is 8.51. The molecule has 0 spiro atoms. The minimum Gasteiger partial charge on any atom is -0.495 e. The molecule has 1 rings (SSSR count). The maximum Gasteiger partial charge on any atom is 0.328 e. The van der Waals surface area contributed by atoms with Crippen LogP contribution in [0.2, 0.25) is 0 Å². The molecule has 0 saturated heterocycles. The zero-order valence-electron chi connectivity index (χ0n) is 9.88. The van der Waals surface area contributed by atoms with Crippen LogP contribution in [0.25, 0.3) is 6.08 Å². The van der Waals surface area contributed by atoms with Crippen LogP contribution in [0.15, 0.2) is 24.3 Å². The highest BCUT2D eigenvalue weighted by Crippen LogP contribution is 2.26. The van der Waals surface area contributed by atoms with Crippen molar-refractivity contribution in [2.45, 2.75) is 0 Å². The van der Waals surface area contributed by atoms with Crippen LogP contribution in [0.4, 0.5) is 5.69 Å². The Morgan fingerprint density at radius 2 is 2.11 bits per heavy atom. The van der Waals surface area contributed by atoms with Crippen molar-refractivity contribution in [1.82, 2.24) is 0 Å². The highest BCUT2D eigenvalue weighted by molar-refractivity contribution is 7.92. The molecule has 0 amide bonds. The predicted octanol–water partition coefficient (Wildman–Crippen LogP) is 1.16. The van der Waals surface area contributed by atoms with Crippen LogP contribution in [0.3, 0.4) is 0 Å². The van der Waals surface area contributed by atoms with Crippen LogP contribution < -0.4 is 9.46 Å². The van der Waals surface area contributed by atoms with E-state index >= 15 is 0 Å². The minimum atomic E-state index is -3.43. The maximum absolute atomic E-state index is 11.2. The van der Waals surface area contributed by atoms with E-state index in [1.54, 1.807) is 12.1 Å². The first-order valence-corrected chi connectivity index (χ1v) is 6.78. The van der Waals surface area contributed by atoms with Crippen molar-refractivity contribution >= 4 is 27.8 Å². The fraction of sp³-hybridized carbons (Fsp3) is 0.182. The average Bonchev–Trinajstić information content (AvgIpc) is 2.24. The van der Waals surface area contributed by atoms with E-state index in [1.807, 2.05) is 0 Å². The zero-order valence-corrected chi connectivity index (χ0v) is 10.7. The van der Waals surface area contributed by atoms with Crippen molar-refractivity contribution in [3.05, 3.63) is 29.8 Å². The summed E-state index contributed by atoms with van der Waals surface area (Å²) in [6.07, 6.45) is 3.34. The van der Waals surface area contributed by atoms with E-state index in [4.69, 9.17) is 9.84 Å². The van der Waals surface area contributed by atoms with Gasteiger partial charge >= 0.3 is 5.97 Å². The lowest BCUT2D eigenvalue weighted by Crippen LogP contribution is -2.10. The lowest BCUT2D eigenvalue weighted by molar-refractivity contribution is -0.131. The van der Waals surface area contributed by atoms with Gasteiger partial charge in [0.25, 0.3) is 0 Å². The Balaban J connectivity index is 3.13. The smallest absolute Gasteiger partial charge is 0.328 e. The molecule has 0 atom stereocenters. The Morgan fingerprint density at radius 3 is 2.61 bits per heavy atom. The number of carboxylic acids is 1. The number of hydrogen-bond donors (Lipinski definition) is 2. The fourth-order valence-corrected chi connectivity index (χ4v) is 1.84. The van der Waals surface area contributed by atoms with Crippen LogP contribution >= 0.6 is 0 Å². The Kier molecular flexibility index (Phi) is 4.33. The summed E-state index contributed by atoms with van der Waals surface area (Å²) < 4.78 is 29.6. The molecule has 2 N–H and O–H groups in total. The topological polar surface area (TPSA) is 92.7 Å². The van der Waals surface area contributed by atoms with Gasteiger partial charge in [-0.1, -0.05) is 6.07 Å². The van der Waals surface area contributed by atoms with Gasteiger partial charge in [0, 0.05) is 6.08 Å². The largest absolute Gasteiger partial charge is 0.495 e. The second-order valence-electron chi connectivity index (χ2n) is 3.51. The Morgan fingerprint density at radius 1 is 1.44 bits per heavy atom. The van der Waals surface area contributed by atoms with Gasteiger partial charge in [0.05, 0.1) is 19.1 Å². The molecular formula is C11H13NO5S. The molecule has 0 aliphatic carbocycles. The number of hydrogen-bond acceptors (Lipinski definition) is 4. The van der Waals surface area contributed by atoms with Crippen molar-refractivity contribution in [3.63, 3.8) is 0 Å². The normalized spacial score (nSPS) is 11.4. The number of aliphatic carboxylic acids is 1. The predicted molar refractivity (Wildman–Crippen MR) is 68.1 cm³/mol. The second kappa shape index (κ2) is 5.54. The van der Waals surface area contributed by atoms with Gasteiger partial charge < -0.3 is 9.84 Å². The van der Waals surface area contributed by atoms with Crippen molar-refractivity contribution in [2.24, 2.45) is 0 Å². The molecule has 7 heteroatoms. The van der Waals surface area contributed by atoms with Gasteiger partial charge in [0.15, 0.2) is 0 Å². The summed E-state index contributed by atoms with van der Waals surface area (Å²) in [7, 11) is -2.02. The quantitative estimate of drug-likeness (QED) is 0.784. The van der Waals surface area contributed by atoms with E-state index in [9.17, 15) is 13.2 Å². The molecule has 0 aromatic heterocycles. The summed E-state index contributed by atoms with van der Waals surface area (Å²) in [5.74, 6) is -0.726. The first-order chi connectivity index (χ1) is 8.31. The summed E-state index contributed by atoms with van der Waals surface area (Å²) in [6, 6.07) is 4.65. The third-order valence-corrected chi connectivity index (χ3v) is 2.53. The number of anilines is 1. The Hall–Kier alpha value is -2.02. The maximum atomic E-state index is 11.2. The molecule has 6 nitrogen and oxygen atoms in total. The molecule has 1 aromatic rings. The van der Waals surface area contributed by atoms with Gasteiger partial charge in [0.1, 0.15) is 5.75 Å². The van der Waals surface area contributed by atoms with Gasteiger partial charge in [-0.15, -0.1) is 0 Å². The van der Waals surface area contributed by atoms with E-state index in [0.717, 1.165) is 12.3 Å². The third kappa shape index (κ3) is 4.46. The van der Waals surface area contributed by atoms with E-state index in [1.165, 1.54) is 19.3 Å². The Bertz CT molecular complexity index is 577. The number of carboxylic acid groups (broad SMARTS) is 1. The lowest BCUT2D eigenvalue weighted by Gasteiger charge is -2.10. The number of rotatable bonds is 5. The fourth-order valence-electron chi connectivity index (χ4n) is 1.28. The molecule has 0 bridgehead atoms. The van der Waals surface area contributed by atoms with Crippen LogP contribution in [-0.2, 0) is 14.8 Å². The average molecular weight is 271 g/mol. The number of sulfonamides is 1. The Labute approximate surface area is 105 Å². The molecule has 0 heterocycles. The number of methoxy groups -OCH3 is 1. The van der Waals surface area contributed by atoms with Crippen molar-refractivity contribution in [1.29, 1.82) is 0 Å². The van der Waals surface area contributed by atoms with E-state index in [0.29, 0.717) is 11.3 Å². The molecule has 0 saturated carbocycles. The van der Waals surface area contributed by atoms with Crippen LogP contribution in [0.5, 0.6) is 5.75 Å². The summed E-state index contributed by atoms with van der Waals surface area (Å²) in [4.78, 5) is 10.4. The number of nitrogens with one attached hydrogen (secondary N) is 1. The standard InChI is InChI=1S/C11H13NO5S/c1-17-10-5-3-8(4-6-11(13)14)7-9(10)12-18(2,15)16/h3-7,12H,1-2H3,(H,13,14). The summed E-state index contributed by atoms with van der Waals surface area (Å²) in [5.41, 5.74) is 0.803. The van der Waals surface area contributed by atoms with E-state index < -0.39 is 16.0 Å². The first-order valence-electron chi connectivity index (χ1n) is 4.88. The molecule has 0 aliphatic heterocycles. The minimum absolute atomic E-state index is 0.257. The van der Waals surface area contributed by atoms with Gasteiger partial charge in [-0.3, -0.25) is 4.72 Å². The molecule has 0 fully saturated rings. The van der Waals surface area contributed by atoms with Crippen LogP contribution in [0, 0.1) is 0 Å².